The Balaban J connectivity index is 2.36. The van der Waals surface area contributed by atoms with E-state index >= 15 is 0 Å². The molecule has 0 aliphatic carbocycles. The van der Waals surface area contributed by atoms with Gasteiger partial charge in [0.05, 0.1) is 34.3 Å². The van der Waals surface area contributed by atoms with E-state index in [0.717, 1.165) is 0 Å². The fourth-order valence-corrected chi connectivity index (χ4v) is 2.57. The normalized spacial score (nSPS) is 10.2. The number of halogens is 2. The number of amides is 1. The van der Waals surface area contributed by atoms with Crippen LogP contribution in [0.1, 0.15) is 10.4 Å². The van der Waals surface area contributed by atoms with Crippen LogP contribution in [0, 0.1) is 10.1 Å². The molecule has 0 radical (unpaired) electrons. The molecule has 0 aliphatic rings. The number of nitrogens with one attached hydrogen (secondary N) is 1. The van der Waals surface area contributed by atoms with E-state index in [4.69, 9.17) is 21.1 Å². The Hall–Kier alpha value is -2.32. The fourth-order valence-electron chi connectivity index (χ4n) is 1.95. The summed E-state index contributed by atoms with van der Waals surface area (Å²) in [5.74, 6) is 0.156. The highest BCUT2D eigenvalue weighted by atomic mass is 79.9. The highest BCUT2D eigenvalue weighted by molar-refractivity contribution is 9.10. The van der Waals surface area contributed by atoms with Crippen molar-refractivity contribution >= 4 is 44.8 Å². The van der Waals surface area contributed by atoms with Gasteiger partial charge in [-0.25, -0.2) is 0 Å². The van der Waals surface area contributed by atoms with Crippen LogP contribution >= 0.6 is 27.5 Å². The van der Waals surface area contributed by atoms with E-state index in [2.05, 4.69) is 21.2 Å². The van der Waals surface area contributed by atoms with Gasteiger partial charge in [-0.2, -0.15) is 0 Å². The van der Waals surface area contributed by atoms with Crippen molar-refractivity contribution in [1.82, 2.24) is 0 Å². The lowest BCUT2D eigenvalue weighted by Gasteiger charge is -2.13. The first-order valence-electron chi connectivity index (χ1n) is 6.54. The summed E-state index contributed by atoms with van der Waals surface area (Å²) >= 11 is 9.08. The van der Waals surface area contributed by atoms with Crippen LogP contribution in [0.5, 0.6) is 11.5 Å². The van der Waals surface area contributed by atoms with Crippen LogP contribution < -0.4 is 14.8 Å². The number of nitro groups is 1. The lowest BCUT2D eigenvalue weighted by atomic mass is 10.2. The Morgan fingerprint density at radius 2 is 1.88 bits per heavy atom. The maximum Gasteiger partial charge on any atom is 0.284 e. The summed E-state index contributed by atoms with van der Waals surface area (Å²) in [5, 5.41) is 13.9. The monoisotopic (exact) mass is 414 g/mol. The van der Waals surface area contributed by atoms with Crippen molar-refractivity contribution in [2.75, 3.05) is 19.5 Å². The molecule has 0 bridgehead atoms. The van der Waals surface area contributed by atoms with Crippen molar-refractivity contribution in [2.45, 2.75) is 0 Å². The number of carbonyl (C=O) groups excluding carboxylic acids is 1. The van der Waals surface area contributed by atoms with Gasteiger partial charge in [-0.15, -0.1) is 0 Å². The van der Waals surface area contributed by atoms with Crippen LogP contribution in [-0.2, 0) is 0 Å². The first kappa shape index (κ1) is 18.0. The minimum atomic E-state index is -0.577. The van der Waals surface area contributed by atoms with Crippen LogP contribution in [0.15, 0.2) is 34.8 Å². The molecule has 2 aromatic rings. The summed E-state index contributed by atoms with van der Waals surface area (Å²) in [5.41, 5.74) is 0.249. The van der Waals surface area contributed by atoms with Crippen LogP contribution in [0.4, 0.5) is 11.4 Å². The van der Waals surface area contributed by atoms with Gasteiger partial charge in [-0.05, 0) is 28.1 Å². The maximum absolute atomic E-state index is 12.4. The quantitative estimate of drug-likeness (QED) is 0.581. The van der Waals surface area contributed by atoms with E-state index in [1.807, 2.05) is 0 Å². The molecule has 0 atom stereocenters. The number of rotatable bonds is 5. The Morgan fingerprint density at radius 1 is 1.21 bits per heavy atom. The number of nitrogens with zero attached hydrogens (tertiary/aromatic N) is 1. The highest BCUT2D eigenvalue weighted by Crippen LogP contribution is 2.36. The topological polar surface area (TPSA) is 90.7 Å². The number of ether oxygens (including phenoxy) is 2. The van der Waals surface area contributed by atoms with Gasteiger partial charge >= 0.3 is 0 Å². The van der Waals surface area contributed by atoms with Gasteiger partial charge < -0.3 is 14.8 Å². The molecule has 24 heavy (non-hydrogen) atoms. The van der Waals surface area contributed by atoms with Crippen molar-refractivity contribution in [3.8, 4) is 11.5 Å². The zero-order valence-corrected chi connectivity index (χ0v) is 15.0. The molecule has 9 heteroatoms. The lowest BCUT2D eigenvalue weighted by Crippen LogP contribution is -2.13. The second-order valence-electron chi connectivity index (χ2n) is 4.56. The van der Waals surface area contributed by atoms with E-state index in [-0.39, 0.29) is 15.7 Å². The summed E-state index contributed by atoms with van der Waals surface area (Å²) in [7, 11) is 2.87. The Bertz CT molecular complexity index is 813. The molecule has 7 nitrogen and oxygen atoms in total. The van der Waals surface area contributed by atoms with Crippen molar-refractivity contribution in [2.24, 2.45) is 0 Å². The van der Waals surface area contributed by atoms with Crippen LogP contribution in [-0.4, -0.2) is 25.1 Å². The molecule has 0 heterocycles. The third-order valence-electron chi connectivity index (χ3n) is 3.13. The molecule has 0 fully saturated rings. The third-order valence-corrected chi connectivity index (χ3v) is 4.09. The molecule has 2 rings (SSSR count). The summed E-state index contributed by atoms with van der Waals surface area (Å²) in [6.07, 6.45) is 0. The van der Waals surface area contributed by atoms with Crippen LogP contribution in [0.2, 0.25) is 5.02 Å². The molecule has 2 aromatic carbocycles. The predicted octanol–water partition coefficient (Wildman–Crippen LogP) is 4.28. The third kappa shape index (κ3) is 3.77. The number of methoxy groups -OCH3 is 2. The van der Waals surface area contributed by atoms with Crippen molar-refractivity contribution in [3.05, 3.63) is 55.5 Å². The van der Waals surface area contributed by atoms with Gasteiger partial charge in [-0.1, -0.05) is 11.6 Å². The summed E-state index contributed by atoms with van der Waals surface area (Å²) < 4.78 is 10.6. The summed E-state index contributed by atoms with van der Waals surface area (Å²) in [6, 6.07) is 7.09. The predicted molar refractivity (Wildman–Crippen MR) is 93.3 cm³/mol. The fraction of sp³-hybridized carbons (Fsp3) is 0.133. The highest BCUT2D eigenvalue weighted by Gasteiger charge is 2.18. The lowest BCUT2D eigenvalue weighted by molar-refractivity contribution is -0.385. The van der Waals surface area contributed by atoms with Crippen molar-refractivity contribution in [1.29, 1.82) is 0 Å². The number of benzene rings is 2. The van der Waals surface area contributed by atoms with Crippen LogP contribution in [0.3, 0.4) is 0 Å². The number of anilines is 1. The first-order valence-corrected chi connectivity index (χ1v) is 7.71. The van der Waals surface area contributed by atoms with E-state index in [0.29, 0.717) is 22.2 Å². The number of nitro benzene ring substituents is 1. The molecule has 1 N–H and O–H groups in total. The summed E-state index contributed by atoms with van der Waals surface area (Å²) in [4.78, 5) is 22.8. The molecular formula is C15H12BrClN2O5. The van der Waals surface area contributed by atoms with Gasteiger partial charge in [0.2, 0.25) is 0 Å². The van der Waals surface area contributed by atoms with Gasteiger partial charge in [0.1, 0.15) is 11.5 Å². The molecule has 0 aliphatic heterocycles. The van der Waals surface area contributed by atoms with Gasteiger partial charge in [0, 0.05) is 23.8 Å². The second-order valence-corrected chi connectivity index (χ2v) is 5.83. The molecule has 0 unspecified atom stereocenters. The molecule has 0 saturated carbocycles. The Labute approximate surface area is 150 Å². The Kier molecular flexibility index (Phi) is 5.63. The average molecular weight is 416 g/mol. The number of hydrogen-bond acceptors (Lipinski definition) is 5. The zero-order valence-electron chi connectivity index (χ0n) is 12.6. The van der Waals surface area contributed by atoms with Crippen molar-refractivity contribution in [3.63, 3.8) is 0 Å². The zero-order chi connectivity index (χ0) is 17.9. The number of carbonyl (C=O) groups is 1. The van der Waals surface area contributed by atoms with Gasteiger partial charge in [0.15, 0.2) is 0 Å². The minimum Gasteiger partial charge on any atom is -0.495 e. The van der Waals surface area contributed by atoms with Crippen molar-refractivity contribution < 1.29 is 19.2 Å². The first-order chi connectivity index (χ1) is 11.4. The largest absolute Gasteiger partial charge is 0.495 e. The standard InChI is InChI=1S/C15H12BrClN2O5/c1-23-13-7-11(14(24-2)6-10(13)17)18-15(20)8-3-4-9(16)12(5-8)19(21)22/h3-7H,1-2H3,(H,18,20). The Morgan fingerprint density at radius 3 is 2.46 bits per heavy atom. The summed E-state index contributed by atoms with van der Waals surface area (Å²) in [6.45, 7) is 0. The average Bonchev–Trinajstić information content (AvgIpc) is 2.55. The smallest absolute Gasteiger partial charge is 0.284 e. The van der Waals surface area contributed by atoms with E-state index in [1.54, 1.807) is 0 Å². The molecule has 0 spiro atoms. The maximum atomic E-state index is 12.4. The van der Waals surface area contributed by atoms with Crippen LogP contribution in [0.25, 0.3) is 0 Å². The molecule has 126 valence electrons. The molecule has 0 saturated heterocycles. The van der Waals surface area contributed by atoms with Gasteiger partial charge in [0.25, 0.3) is 11.6 Å². The van der Waals surface area contributed by atoms with E-state index in [9.17, 15) is 14.9 Å². The molecule has 1 amide bonds. The minimum absolute atomic E-state index is 0.126. The SMILES string of the molecule is COc1cc(NC(=O)c2ccc(Br)c([N+](=O)[O-])c2)c(OC)cc1Cl. The van der Waals surface area contributed by atoms with E-state index < -0.39 is 10.8 Å². The number of hydrogen-bond donors (Lipinski definition) is 1. The molecular weight excluding hydrogens is 404 g/mol. The second kappa shape index (κ2) is 7.50. The van der Waals surface area contributed by atoms with Gasteiger partial charge in [-0.3, -0.25) is 14.9 Å². The molecule has 0 aromatic heterocycles. The van der Waals surface area contributed by atoms with E-state index in [1.165, 1.54) is 44.6 Å².